The number of methoxy groups -OCH3 is 1. The summed E-state index contributed by atoms with van der Waals surface area (Å²) in [6.07, 6.45) is 0. The minimum atomic E-state index is 0.276. The van der Waals surface area contributed by atoms with E-state index in [1.54, 1.807) is 7.11 Å². The Kier molecular flexibility index (Phi) is 6.29. The second-order valence-electron chi connectivity index (χ2n) is 7.03. The molecule has 0 aliphatic carbocycles. The Hall–Kier alpha value is -1.63. The van der Waals surface area contributed by atoms with Crippen molar-refractivity contribution in [2.24, 2.45) is 0 Å². The van der Waals surface area contributed by atoms with Gasteiger partial charge < -0.3 is 15.0 Å². The minimum Gasteiger partial charge on any atom is -0.497 e. The monoisotopic (exact) mass is 346 g/mol. The maximum Gasteiger partial charge on any atom is 0.236 e. The van der Waals surface area contributed by atoms with Crippen molar-refractivity contribution in [3.05, 3.63) is 29.8 Å². The number of rotatable bonds is 5. The van der Waals surface area contributed by atoms with E-state index < -0.39 is 0 Å². The summed E-state index contributed by atoms with van der Waals surface area (Å²) in [6.45, 7) is 10.1. The summed E-state index contributed by atoms with van der Waals surface area (Å²) in [5.74, 6) is 1.17. The highest BCUT2D eigenvalue weighted by Gasteiger charge is 2.25. The number of carbonyl (C=O) groups excluding carboxylic acids is 1. The Morgan fingerprint density at radius 1 is 1.16 bits per heavy atom. The van der Waals surface area contributed by atoms with Crippen molar-refractivity contribution in [2.45, 2.75) is 19.5 Å². The molecule has 0 spiro atoms. The maximum atomic E-state index is 12.6. The third-order valence-corrected chi connectivity index (χ3v) is 5.27. The van der Waals surface area contributed by atoms with Crippen LogP contribution >= 0.6 is 0 Å². The van der Waals surface area contributed by atoms with Crippen molar-refractivity contribution >= 4 is 5.91 Å². The summed E-state index contributed by atoms with van der Waals surface area (Å²) in [4.78, 5) is 19.3. The van der Waals surface area contributed by atoms with Crippen molar-refractivity contribution < 1.29 is 9.53 Å². The minimum absolute atomic E-state index is 0.276. The number of benzene rings is 1. The fraction of sp³-hybridized carbons (Fsp3) is 0.632. The molecule has 2 fully saturated rings. The molecule has 0 radical (unpaired) electrons. The van der Waals surface area contributed by atoms with Gasteiger partial charge in [0.2, 0.25) is 5.91 Å². The van der Waals surface area contributed by atoms with Crippen molar-refractivity contribution in [2.75, 3.05) is 59.5 Å². The third-order valence-electron chi connectivity index (χ3n) is 5.27. The average molecular weight is 346 g/mol. The Balaban J connectivity index is 1.43. The van der Waals surface area contributed by atoms with Crippen LogP contribution in [-0.2, 0) is 11.3 Å². The first-order chi connectivity index (χ1) is 12.2. The van der Waals surface area contributed by atoms with Gasteiger partial charge in [-0.3, -0.25) is 14.6 Å². The van der Waals surface area contributed by atoms with Crippen molar-refractivity contribution in [3.8, 4) is 5.75 Å². The normalized spacial score (nSPS) is 22.8. The molecule has 138 valence electrons. The number of amides is 1. The van der Waals surface area contributed by atoms with Gasteiger partial charge in [-0.05, 0) is 24.6 Å². The van der Waals surface area contributed by atoms with E-state index in [1.807, 2.05) is 17.0 Å². The summed E-state index contributed by atoms with van der Waals surface area (Å²) >= 11 is 0. The molecule has 6 heteroatoms. The summed E-state index contributed by atoms with van der Waals surface area (Å²) in [6, 6.07) is 8.67. The van der Waals surface area contributed by atoms with Gasteiger partial charge in [-0.25, -0.2) is 0 Å². The number of hydrogen-bond donors (Lipinski definition) is 1. The molecule has 2 heterocycles. The van der Waals surface area contributed by atoms with Crippen LogP contribution in [-0.4, -0.2) is 86.1 Å². The highest BCUT2D eigenvalue weighted by molar-refractivity contribution is 5.78. The van der Waals surface area contributed by atoms with Crippen LogP contribution in [0, 0.1) is 0 Å². The molecule has 1 aromatic rings. The van der Waals surface area contributed by atoms with Crippen LogP contribution in [0.4, 0.5) is 0 Å². The fourth-order valence-electron chi connectivity index (χ4n) is 3.54. The molecule has 0 unspecified atom stereocenters. The van der Waals surface area contributed by atoms with Gasteiger partial charge in [0, 0.05) is 58.4 Å². The number of hydrogen-bond acceptors (Lipinski definition) is 5. The molecule has 1 atom stereocenters. The zero-order valence-electron chi connectivity index (χ0n) is 15.4. The van der Waals surface area contributed by atoms with Crippen LogP contribution < -0.4 is 10.1 Å². The average Bonchev–Trinajstić information content (AvgIpc) is 2.65. The number of nitrogens with one attached hydrogen (secondary N) is 1. The number of nitrogens with zero attached hydrogens (tertiary/aromatic N) is 3. The Morgan fingerprint density at radius 3 is 2.52 bits per heavy atom. The summed E-state index contributed by atoms with van der Waals surface area (Å²) in [5.41, 5.74) is 1.29. The molecule has 3 rings (SSSR count). The van der Waals surface area contributed by atoms with Crippen LogP contribution in [0.3, 0.4) is 0 Å². The van der Waals surface area contributed by atoms with Crippen molar-refractivity contribution in [1.82, 2.24) is 20.0 Å². The van der Waals surface area contributed by atoms with Gasteiger partial charge in [0.05, 0.1) is 13.7 Å². The molecule has 1 amide bonds. The molecule has 1 aromatic carbocycles. The van der Waals surface area contributed by atoms with Crippen LogP contribution in [0.1, 0.15) is 12.5 Å². The van der Waals surface area contributed by atoms with E-state index in [1.165, 1.54) is 5.56 Å². The van der Waals surface area contributed by atoms with Gasteiger partial charge in [0.1, 0.15) is 5.75 Å². The number of carbonyl (C=O) groups is 1. The fourth-order valence-corrected chi connectivity index (χ4v) is 3.54. The first kappa shape index (κ1) is 18.2. The highest BCUT2D eigenvalue weighted by Crippen LogP contribution is 2.14. The number of ether oxygens (including phenoxy) is 1. The third kappa shape index (κ3) is 4.93. The van der Waals surface area contributed by atoms with E-state index in [0.29, 0.717) is 12.6 Å². The SMILES string of the molecule is COc1ccc(CN2CCN(C(=O)CN3CCNC[C@H]3C)CC2)cc1. The molecular formula is C19H30N4O2. The van der Waals surface area contributed by atoms with Crippen LogP contribution in [0.25, 0.3) is 0 Å². The molecule has 0 saturated carbocycles. The van der Waals surface area contributed by atoms with Crippen molar-refractivity contribution in [3.63, 3.8) is 0 Å². The Bertz CT molecular complexity index is 555. The van der Waals surface area contributed by atoms with E-state index >= 15 is 0 Å². The van der Waals surface area contributed by atoms with Crippen LogP contribution in [0.5, 0.6) is 5.75 Å². The lowest BCUT2D eigenvalue weighted by atomic mass is 10.2. The molecule has 6 nitrogen and oxygen atoms in total. The van der Waals surface area contributed by atoms with Gasteiger partial charge in [0.15, 0.2) is 0 Å². The first-order valence-corrected chi connectivity index (χ1v) is 9.23. The van der Waals surface area contributed by atoms with Crippen LogP contribution in [0.2, 0.25) is 0 Å². The lowest BCUT2D eigenvalue weighted by molar-refractivity contribution is -0.135. The molecule has 2 saturated heterocycles. The van der Waals surface area contributed by atoms with Crippen molar-refractivity contribution in [1.29, 1.82) is 0 Å². The molecule has 1 N–H and O–H groups in total. The Labute approximate surface area is 150 Å². The maximum absolute atomic E-state index is 12.6. The van der Waals surface area contributed by atoms with Gasteiger partial charge in [-0.2, -0.15) is 0 Å². The number of piperazine rings is 2. The van der Waals surface area contributed by atoms with E-state index in [2.05, 4.69) is 34.2 Å². The zero-order valence-corrected chi connectivity index (χ0v) is 15.4. The smallest absolute Gasteiger partial charge is 0.236 e. The van der Waals surface area contributed by atoms with E-state index in [0.717, 1.165) is 58.1 Å². The van der Waals surface area contributed by atoms with Gasteiger partial charge in [-0.15, -0.1) is 0 Å². The molecule has 2 aliphatic rings. The van der Waals surface area contributed by atoms with E-state index in [9.17, 15) is 4.79 Å². The topological polar surface area (TPSA) is 48.1 Å². The molecular weight excluding hydrogens is 316 g/mol. The standard InChI is InChI=1S/C19H30N4O2/c1-16-13-20-7-8-23(16)15-19(24)22-11-9-21(10-12-22)14-17-3-5-18(25-2)6-4-17/h3-6,16,20H,7-15H2,1-2H3/t16-/m1/s1. The predicted octanol–water partition coefficient (Wildman–Crippen LogP) is 0.633. The highest BCUT2D eigenvalue weighted by atomic mass is 16.5. The van der Waals surface area contributed by atoms with Gasteiger partial charge >= 0.3 is 0 Å². The lowest BCUT2D eigenvalue weighted by Crippen LogP contribution is -2.55. The molecule has 0 bridgehead atoms. The quantitative estimate of drug-likeness (QED) is 0.848. The molecule has 25 heavy (non-hydrogen) atoms. The largest absolute Gasteiger partial charge is 0.497 e. The molecule has 2 aliphatic heterocycles. The predicted molar refractivity (Wildman–Crippen MR) is 98.8 cm³/mol. The second kappa shape index (κ2) is 8.65. The van der Waals surface area contributed by atoms with Gasteiger partial charge in [-0.1, -0.05) is 12.1 Å². The van der Waals surface area contributed by atoms with Gasteiger partial charge in [0.25, 0.3) is 0 Å². The summed E-state index contributed by atoms with van der Waals surface area (Å²) < 4.78 is 5.20. The Morgan fingerprint density at radius 2 is 1.88 bits per heavy atom. The van der Waals surface area contributed by atoms with E-state index in [-0.39, 0.29) is 5.91 Å². The summed E-state index contributed by atoms with van der Waals surface area (Å²) in [7, 11) is 1.69. The second-order valence-corrected chi connectivity index (χ2v) is 7.03. The lowest BCUT2D eigenvalue weighted by Gasteiger charge is -2.38. The van der Waals surface area contributed by atoms with Crippen LogP contribution in [0.15, 0.2) is 24.3 Å². The molecule has 0 aromatic heterocycles. The first-order valence-electron chi connectivity index (χ1n) is 9.23. The van der Waals surface area contributed by atoms with E-state index in [4.69, 9.17) is 4.74 Å². The zero-order chi connectivity index (χ0) is 17.6. The summed E-state index contributed by atoms with van der Waals surface area (Å²) in [5, 5.41) is 3.37.